The highest BCUT2D eigenvalue weighted by atomic mass is 79.9. The fourth-order valence-electron chi connectivity index (χ4n) is 1.75. The fraction of sp³-hybridized carbons (Fsp3) is 0.0667. The van der Waals surface area contributed by atoms with E-state index in [1.54, 1.807) is 12.1 Å². The molecule has 1 aromatic heterocycles. The topological polar surface area (TPSA) is 54.9 Å². The first kappa shape index (κ1) is 16.5. The molecule has 1 heterocycles. The zero-order valence-electron chi connectivity index (χ0n) is 11.1. The molecule has 4 nitrogen and oxygen atoms in total. The van der Waals surface area contributed by atoms with Crippen molar-refractivity contribution in [2.75, 3.05) is 0 Å². The van der Waals surface area contributed by atoms with E-state index in [4.69, 9.17) is 0 Å². The van der Waals surface area contributed by atoms with Crippen molar-refractivity contribution >= 4 is 37.9 Å². The molecule has 112 valence electrons. The van der Waals surface area contributed by atoms with Gasteiger partial charge in [0.2, 0.25) is 0 Å². The first-order chi connectivity index (χ1) is 10.5. The summed E-state index contributed by atoms with van der Waals surface area (Å²) in [4.78, 5) is 28.4. The second-order valence-corrected chi connectivity index (χ2v) is 5.56. The van der Waals surface area contributed by atoms with E-state index in [9.17, 15) is 14.0 Å². The van der Waals surface area contributed by atoms with Crippen molar-refractivity contribution in [2.45, 2.75) is 6.54 Å². The van der Waals surface area contributed by atoms with Crippen LogP contribution in [0, 0.1) is 16.6 Å². The monoisotopic (exact) mass is 426 g/mol. The van der Waals surface area contributed by atoms with Gasteiger partial charge in [0.1, 0.15) is 5.82 Å². The van der Waals surface area contributed by atoms with Crippen molar-refractivity contribution in [3.8, 4) is 10.8 Å². The van der Waals surface area contributed by atoms with Gasteiger partial charge in [-0.25, -0.2) is 9.18 Å². The minimum atomic E-state index is -0.533. The number of halogens is 3. The molecule has 0 saturated heterocycles. The number of hydrogen-bond donors (Lipinski definition) is 1. The summed E-state index contributed by atoms with van der Waals surface area (Å²) in [6, 6.07) is 5.79. The van der Waals surface area contributed by atoms with Crippen molar-refractivity contribution in [3.63, 3.8) is 0 Å². The van der Waals surface area contributed by atoms with Gasteiger partial charge in [0.25, 0.3) is 5.56 Å². The molecular weight excluding hydrogens is 419 g/mol. The van der Waals surface area contributed by atoms with Gasteiger partial charge in [0.05, 0.1) is 16.6 Å². The van der Waals surface area contributed by atoms with Crippen LogP contribution in [0.1, 0.15) is 11.1 Å². The van der Waals surface area contributed by atoms with Crippen LogP contribution in [0.2, 0.25) is 0 Å². The van der Waals surface area contributed by atoms with E-state index < -0.39 is 11.2 Å². The summed E-state index contributed by atoms with van der Waals surface area (Å²) in [6.45, 7) is 0.221. The normalized spacial score (nSPS) is 11.0. The molecule has 0 saturated carbocycles. The molecule has 7 heteroatoms. The van der Waals surface area contributed by atoms with Gasteiger partial charge in [-0.2, -0.15) is 0 Å². The van der Waals surface area contributed by atoms with Gasteiger partial charge < -0.3 is 0 Å². The number of rotatable bonds is 3. The third kappa shape index (κ3) is 4.29. The Morgan fingerprint density at radius 3 is 2.64 bits per heavy atom. The third-order valence-electron chi connectivity index (χ3n) is 2.75. The van der Waals surface area contributed by atoms with Crippen LogP contribution in [0.25, 0.3) is 6.08 Å². The number of H-pyrrole nitrogens is 1. The predicted octanol–water partition coefficient (Wildman–Crippen LogP) is 2.82. The zero-order valence-corrected chi connectivity index (χ0v) is 14.2. The Morgan fingerprint density at radius 2 is 2.00 bits per heavy atom. The summed E-state index contributed by atoms with van der Waals surface area (Å²) in [6.07, 6.45) is 2.94. The third-order valence-corrected chi connectivity index (χ3v) is 3.38. The van der Waals surface area contributed by atoms with Gasteiger partial charge in [-0.15, -0.1) is 0 Å². The molecular formula is C15H9Br2FN2O2. The molecule has 0 unspecified atom stereocenters. The molecule has 0 radical (unpaired) electrons. The fourth-order valence-corrected chi connectivity index (χ4v) is 2.58. The minimum Gasteiger partial charge on any atom is -0.296 e. The van der Waals surface area contributed by atoms with Gasteiger partial charge in [-0.1, -0.05) is 12.1 Å². The Labute approximate surface area is 141 Å². The summed E-state index contributed by atoms with van der Waals surface area (Å²) in [7, 11) is 0. The molecule has 1 aromatic carbocycles. The smallest absolute Gasteiger partial charge is 0.296 e. The molecule has 2 rings (SSSR count). The number of nitrogens with one attached hydrogen (secondary N) is 1. The molecule has 1 N–H and O–H groups in total. The van der Waals surface area contributed by atoms with Crippen molar-refractivity contribution in [3.05, 3.63) is 72.7 Å². The lowest BCUT2D eigenvalue weighted by atomic mass is 10.2. The molecule has 0 atom stereocenters. The van der Waals surface area contributed by atoms with E-state index in [2.05, 4.69) is 47.6 Å². The number of aromatic nitrogens is 2. The number of aromatic amines is 1. The Balaban J connectivity index is 2.41. The lowest BCUT2D eigenvalue weighted by Crippen LogP contribution is -2.31. The van der Waals surface area contributed by atoms with Crippen LogP contribution < -0.4 is 11.2 Å². The highest BCUT2D eigenvalue weighted by Crippen LogP contribution is 2.09. The molecule has 0 aliphatic carbocycles. The van der Waals surface area contributed by atoms with E-state index in [0.717, 1.165) is 5.56 Å². The molecule has 2 aromatic rings. The summed E-state index contributed by atoms with van der Waals surface area (Å²) in [5.74, 6) is 2.33. The largest absolute Gasteiger partial charge is 0.328 e. The highest BCUT2D eigenvalue weighted by Gasteiger charge is 2.04. The summed E-state index contributed by atoms with van der Waals surface area (Å²) in [5, 5.41) is 0. The maximum absolute atomic E-state index is 12.9. The number of hydrogen-bond acceptors (Lipinski definition) is 2. The van der Waals surface area contributed by atoms with Gasteiger partial charge in [-0.05, 0) is 50.5 Å². The van der Waals surface area contributed by atoms with Crippen LogP contribution in [0.3, 0.4) is 0 Å². The quantitative estimate of drug-likeness (QED) is 0.765. The van der Waals surface area contributed by atoms with Crippen molar-refractivity contribution in [2.24, 2.45) is 0 Å². The van der Waals surface area contributed by atoms with Crippen LogP contribution in [0.5, 0.6) is 0 Å². The maximum Gasteiger partial charge on any atom is 0.328 e. The molecule has 0 fully saturated rings. The van der Waals surface area contributed by atoms with Crippen molar-refractivity contribution in [1.29, 1.82) is 0 Å². The zero-order chi connectivity index (χ0) is 16.1. The number of allylic oxidation sites excluding steroid dienone is 1. The van der Waals surface area contributed by atoms with Gasteiger partial charge in [-0.3, -0.25) is 14.3 Å². The van der Waals surface area contributed by atoms with E-state index >= 15 is 0 Å². The molecule has 0 aliphatic rings. The summed E-state index contributed by atoms with van der Waals surface area (Å²) >= 11 is 6.16. The molecule has 0 aliphatic heterocycles. The SMILES string of the molecule is O=c1[nH]c(=O)n(Cc2ccc(F)cc2)cc1/C=C(\Br)C#CBr. The second-order valence-electron chi connectivity index (χ2n) is 4.31. The molecule has 0 spiro atoms. The van der Waals surface area contributed by atoms with Crippen LogP contribution in [0.4, 0.5) is 4.39 Å². The first-order valence-corrected chi connectivity index (χ1v) is 7.65. The van der Waals surface area contributed by atoms with Gasteiger partial charge in [0.15, 0.2) is 0 Å². The van der Waals surface area contributed by atoms with Gasteiger partial charge >= 0.3 is 5.69 Å². The van der Waals surface area contributed by atoms with Crippen molar-refractivity contribution in [1.82, 2.24) is 9.55 Å². The predicted molar refractivity (Wildman–Crippen MR) is 90.4 cm³/mol. The second kappa shape index (κ2) is 7.38. The lowest BCUT2D eigenvalue weighted by Gasteiger charge is -2.06. The van der Waals surface area contributed by atoms with E-state index in [1.165, 1.54) is 29.0 Å². The molecule has 0 bridgehead atoms. The minimum absolute atomic E-state index is 0.221. The highest BCUT2D eigenvalue weighted by molar-refractivity contribution is 9.12. The number of nitrogens with zero attached hydrogens (tertiary/aromatic N) is 1. The summed E-state index contributed by atoms with van der Waals surface area (Å²) < 4.78 is 14.7. The van der Waals surface area contributed by atoms with Gasteiger partial charge in [0, 0.05) is 22.1 Å². The van der Waals surface area contributed by atoms with Crippen LogP contribution in [-0.4, -0.2) is 9.55 Å². The van der Waals surface area contributed by atoms with E-state index in [-0.39, 0.29) is 17.9 Å². The standard InChI is InChI=1S/C15H9Br2FN2O2/c16-6-5-12(17)7-11-9-20(15(22)19-14(11)21)8-10-1-3-13(18)4-2-10/h1-4,7,9H,8H2,(H,19,21,22)/b12-7-. The van der Waals surface area contributed by atoms with Crippen LogP contribution in [0.15, 0.2) is 44.5 Å². The Morgan fingerprint density at radius 1 is 1.32 bits per heavy atom. The van der Waals surface area contributed by atoms with Crippen molar-refractivity contribution < 1.29 is 4.39 Å². The Kier molecular flexibility index (Phi) is 5.52. The maximum atomic E-state index is 12.9. The first-order valence-electron chi connectivity index (χ1n) is 6.06. The lowest BCUT2D eigenvalue weighted by molar-refractivity contribution is 0.625. The molecule has 0 amide bonds. The van der Waals surface area contributed by atoms with E-state index in [1.807, 2.05) is 0 Å². The average Bonchev–Trinajstić information content (AvgIpc) is 2.46. The molecule has 22 heavy (non-hydrogen) atoms. The average molecular weight is 428 g/mol. The Hall–Kier alpha value is -1.91. The van der Waals surface area contributed by atoms with Crippen LogP contribution >= 0.6 is 31.9 Å². The number of benzene rings is 1. The van der Waals surface area contributed by atoms with E-state index in [0.29, 0.717) is 4.48 Å². The Bertz CT molecular complexity index is 887. The summed E-state index contributed by atoms with van der Waals surface area (Å²) in [5.41, 5.74) is -0.0171. The van der Waals surface area contributed by atoms with Crippen LogP contribution in [-0.2, 0) is 6.54 Å².